The monoisotopic (exact) mass is 314 g/mol. The Balaban J connectivity index is 1.63. The second kappa shape index (κ2) is 9.39. The van der Waals surface area contributed by atoms with Crippen molar-refractivity contribution in [3.63, 3.8) is 0 Å². The van der Waals surface area contributed by atoms with Gasteiger partial charge >= 0.3 is 0 Å². The van der Waals surface area contributed by atoms with Crippen LogP contribution in [0.4, 0.5) is 0 Å². The van der Waals surface area contributed by atoms with E-state index in [1.807, 2.05) is 18.7 Å². The molecule has 0 spiro atoms. The Morgan fingerprint density at radius 1 is 1.04 bits per heavy atom. The van der Waals surface area contributed by atoms with Gasteiger partial charge in [-0.3, -0.25) is 0 Å². The molecule has 0 aliphatic carbocycles. The molecule has 23 heavy (non-hydrogen) atoms. The molecule has 3 nitrogen and oxygen atoms in total. The molecule has 0 aliphatic heterocycles. The minimum absolute atomic E-state index is 0.655. The molecule has 0 aliphatic rings. The lowest BCUT2D eigenvalue weighted by Crippen LogP contribution is -2.07. The average Bonchev–Trinajstić information content (AvgIpc) is 3.05. The fraction of sp³-hybridized carbons (Fsp3) is 0.550. The number of hydrogen-bond acceptors (Lipinski definition) is 2. The summed E-state index contributed by atoms with van der Waals surface area (Å²) in [5.74, 6) is 2.40. The lowest BCUT2D eigenvalue weighted by Gasteiger charge is -2.13. The fourth-order valence-electron chi connectivity index (χ4n) is 2.52. The zero-order chi connectivity index (χ0) is 16.5. The Bertz CT molecular complexity index is 531. The van der Waals surface area contributed by atoms with Crippen molar-refractivity contribution in [2.24, 2.45) is 11.8 Å². The Morgan fingerprint density at radius 2 is 1.83 bits per heavy atom. The predicted octanol–water partition coefficient (Wildman–Crippen LogP) is 4.97. The number of nitrogens with zero attached hydrogens (tertiary/aromatic N) is 2. The highest BCUT2D eigenvalue weighted by molar-refractivity contribution is 5.27. The van der Waals surface area contributed by atoms with Gasteiger partial charge in [0, 0.05) is 18.9 Å². The summed E-state index contributed by atoms with van der Waals surface area (Å²) < 4.78 is 8.01. The SMILES string of the molecule is CC(C)CCc1ccc(OCCC(C)CCn2ccnc2)cc1. The normalized spacial score (nSPS) is 12.5. The molecule has 0 radical (unpaired) electrons. The van der Waals surface area contributed by atoms with E-state index < -0.39 is 0 Å². The predicted molar refractivity (Wildman–Crippen MR) is 95.7 cm³/mol. The van der Waals surface area contributed by atoms with Crippen LogP contribution in [0.5, 0.6) is 5.75 Å². The van der Waals surface area contributed by atoms with E-state index in [4.69, 9.17) is 4.74 Å². The van der Waals surface area contributed by atoms with Crippen LogP contribution in [-0.2, 0) is 13.0 Å². The summed E-state index contributed by atoms with van der Waals surface area (Å²) in [7, 11) is 0. The largest absolute Gasteiger partial charge is 0.494 e. The fourth-order valence-corrected chi connectivity index (χ4v) is 2.52. The van der Waals surface area contributed by atoms with Crippen molar-refractivity contribution >= 4 is 0 Å². The summed E-state index contributed by atoms with van der Waals surface area (Å²) in [5, 5.41) is 0. The maximum atomic E-state index is 5.88. The van der Waals surface area contributed by atoms with E-state index in [-0.39, 0.29) is 0 Å². The van der Waals surface area contributed by atoms with Gasteiger partial charge in [-0.1, -0.05) is 32.9 Å². The van der Waals surface area contributed by atoms with Gasteiger partial charge in [0.2, 0.25) is 0 Å². The zero-order valence-electron chi connectivity index (χ0n) is 14.7. The molecule has 3 heteroatoms. The van der Waals surface area contributed by atoms with E-state index in [9.17, 15) is 0 Å². The van der Waals surface area contributed by atoms with Crippen LogP contribution in [0.2, 0.25) is 0 Å². The molecule has 0 N–H and O–H groups in total. The minimum atomic E-state index is 0.655. The van der Waals surface area contributed by atoms with E-state index in [2.05, 4.69) is 54.6 Å². The molecular formula is C20H30N2O. The van der Waals surface area contributed by atoms with Gasteiger partial charge in [0.05, 0.1) is 12.9 Å². The van der Waals surface area contributed by atoms with Crippen molar-refractivity contribution < 1.29 is 4.74 Å². The van der Waals surface area contributed by atoms with Gasteiger partial charge in [0.1, 0.15) is 5.75 Å². The third-order valence-corrected chi connectivity index (χ3v) is 4.25. The minimum Gasteiger partial charge on any atom is -0.494 e. The van der Waals surface area contributed by atoms with E-state index in [0.717, 1.165) is 44.1 Å². The highest BCUT2D eigenvalue weighted by Crippen LogP contribution is 2.16. The average molecular weight is 314 g/mol. The highest BCUT2D eigenvalue weighted by atomic mass is 16.5. The number of benzene rings is 1. The molecule has 2 aromatic rings. The number of aromatic nitrogens is 2. The molecule has 0 saturated carbocycles. The lowest BCUT2D eigenvalue weighted by molar-refractivity contribution is 0.275. The molecule has 1 heterocycles. The van der Waals surface area contributed by atoms with E-state index in [1.54, 1.807) is 0 Å². The molecule has 1 atom stereocenters. The van der Waals surface area contributed by atoms with Crippen LogP contribution < -0.4 is 4.74 Å². The number of ether oxygens (including phenoxy) is 1. The molecule has 1 aromatic heterocycles. The van der Waals surface area contributed by atoms with Crippen molar-refractivity contribution in [2.75, 3.05) is 6.61 Å². The Morgan fingerprint density at radius 3 is 2.48 bits per heavy atom. The van der Waals surface area contributed by atoms with E-state index in [1.165, 1.54) is 12.0 Å². The second-order valence-electron chi connectivity index (χ2n) is 6.91. The van der Waals surface area contributed by atoms with Gasteiger partial charge in [0.25, 0.3) is 0 Å². The number of aryl methyl sites for hydroxylation is 2. The first kappa shape index (κ1) is 17.6. The standard InChI is InChI=1S/C20H30N2O/c1-17(2)4-5-19-6-8-20(9-7-19)23-15-11-18(3)10-13-22-14-12-21-16-22/h6-9,12,14,16-18H,4-5,10-11,13,15H2,1-3H3. The Kier molecular flexibility index (Phi) is 7.18. The molecule has 0 fully saturated rings. The first-order valence-corrected chi connectivity index (χ1v) is 8.81. The number of rotatable bonds is 10. The second-order valence-corrected chi connectivity index (χ2v) is 6.91. The molecule has 1 aromatic carbocycles. The smallest absolute Gasteiger partial charge is 0.119 e. The third-order valence-electron chi connectivity index (χ3n) is 4.25. The van der Waals surface area contributed by atoms with E-state index >= 15 is 0 Å². The van der Waals surface area contributed by atoms with Crippen molar-refractivity contribution in [1.82, 2.24) is 9.55 Å². The molecule has 1 unspecified atom stereocenters. The summed E-state index contributed by atoms with van der Waals surface area (Å²) in [6, 6.07) is 8.60. The molecule has 0 bridgehead atoms. The molecule has 126 valence electrons. The van der Waals surface area contributed by atoms with Gasteiger partial charge < -0.3 is 9.30 Å². The van der Waals surface area contributed by atoms with Gasteiger partial charge in [-0.05, 0) is 55.2 Å². The summed E-state index contributed by atoms with van der Waals surface area (Å²) in [6.07, 6.45) is 10.4. The highest BCUT2D eigenvalue weighted by Gasteiger charge is 2.04. The van der Waals surface area contributed by atoms with Crippen molar-refractivity contribution in [3.05, 3.63) is 48.5 Å². The number of imidazole rings is 1. The summed E-state index contributed by atoms with van der Waals surface area (Å²) in [6.45, 7) is 8.65. The summed E-state index contributed by atoms with van der Waals surface area (Å²) >= 11 is 0. The van der Waals surface area contributed by atoms with Gasteiger partial charge in [-0.2, -0.15) is 0 Å². The summed E-state index contributed by atoms with van der Waals surface area (Å²) in [5.41, 5.74) is 1.40. The topological polar surface area (TPSA) is 27.1 Å². The maximum Gasteiger partial charge on any atom is 0.119 e. The Hall–Kier alpha value is -1.77. The van der Waals surface area contributed by atoms with Gasteiger partial charge in [0.15, 0.2) is 0 Å². The van der Waals surface area contributed by atoms with Crippen LogP contribution in [-0.4, -0.2) is 16.2 Å². The van der Waals surface area contributed by atoms with Crippen LogP contribution in [0.25, 0.3) is 0 Å². The number of hydrogen-bond donors (Lipinski definition) is 0. The van der Waals surface area contributed by atoms with Crippen molar-refractivity contribution in [2.45, 2.75) is 53.0 Å². The zero-order valence-corrected chi connectivity index (χ0v) is 14.7. The Labute approximate surface area is 140 Å². The van der Waals surface area contributed by atoms with Crippen LogP contribution in [0.3, 0.4) is 0 Å². The first-order chi connectivity index (χ1) is 11.1. The van der Waals surface area contributed by atoms with Crippen LogP contribution in [0, 0.1) is 11.8 Å². The first-order valence-electron chi connectivity index (χ1n) is 8.81. The maximum absolute atomic E-state index is 5.88. The van der Waals surface area contributed by atoms with Crippen LogP contribution in [0.1, 0.15) is 45.6 Å². The van der Waals surface area contributed by atoms with E-state index in [0.29, 0.717) is 5.92 Å². The third kappa shape index (κ3) is 6.89. The quantitative estimate of drug-likeness (QED) is 0.619. The van der Waals surface area contributed by atoms with Crippen molar-refractivity contribution in [1.29, 1.82) is 0 Å². The molecule has 2 rings (SSSR count). The molecular weight excluding hydrogens is 284 g/mol. The van der Waals surface area contributed by atoms with Crippen molar-refractivity contribution in [3.8, 4) is 5.75 Å². The molecule has 0 amide bonds. The van der Waals surface area contributed by atoms with Crippen LogP contribution in [0.15, 0.2) is 43.0 Å². The van der Waals surface area contributed by atoms with Crippen LogP contribution >= 0.6 is 0 Å². The van der Waals surface area contributed by atoms with Gasteiger partial charge in [-0.15, -0.1) is 0 Å². The van der Waals surface area contributed by atoms with Gasteiger partial charge in [-0.25, -0.2) is 4.98 Å². The summed E-state index contributed by atoms with van der Waals surface area (Å²) in [4.78, 5) is 4.07. The molecule has 0 saturated heterocycles. The lowest BCUT2D eigenvalue weighted by atomic mass is 10.0.